The van der Waals surface area contributed by atoms with E-state index in [1.165, 1.54) is 5.56 Å². The predicted octanol–water partition coefficient (Wildman–Crippen LogP) is 4.41. The number of para-hydroxylation sites is 1. The Morgan fingerprint density at radius 1 is 0.931 bits per heavy atom. The van der Waals surface area contributed by atoms with Crippen molar-refractivity contribution >= 4 is 22.7 Å². The number of carboxylic acid groups (broad SMARTS) is 1. The molecule has 6 nitrogen and oxygen atoms in total. The van der Waals surface area contributed by atoms with Crippen molar-refractivity contribution in [3.05, 3.63) is 78.6 Å². The number of hydrogen-bond donors (Lipinski definition) is 1. The highest BCUT2D eigenvalue weighted by molar-refractivity contribution is 5.91. The van der Waals surface area contributed by atoms with Crippen LogP contribution in [0.5, 0.6) is 0 Å². The monoisotopic (exact) mass is 387 g/mol. The SMILES string of the molecule is O=C(O)CCN(CCc1ccccc1)c1nc(-c2ccco2)nc2ccccc12. The number of aromatic nitrogens is 2. The summed E-state index contributed by atoms with van der Waals surface area (Å²) < 4.78 is 5.49. The fourth-order valence-corrected chi connectivity index (χ4v) is 3.28. The molecule has 0 amide bonds. The lowest BCUT2D eigenvalue weighted by molar-refractivity contribution is -0.136. The van der Waals surface area contributed by atoms with Crippen LogP contribution in [-0.4, -0.2) is 34.1 Å². The van der Waals surface area contributed by atoms with E-state index in [-0.39, 0.29) is 6.42 Å². The van der Waals surface area contributed by atoms with Crippen LogP contribution in [0.4, 0.5) is 5.82 Å². The van der Waals surface area contributed by atoms with Crippen LogP contribution in [0.3, 0.4) is 0 Å². The van der Waals surface area contributed by atoms with Gasteiger partial charge in [-0.1, -0.05) is 42.5 Å². The molecule has 4 aromatic rings. The summed E-state index contributed by atoms with van der Waals surface area (Å²) in [5.41, 5.74) is 1.99. The molecule has 4 rings (SSSR count). The molecule has 29 heavy (non-hydrogen) atoms. The van der Waals surface area contributed by atoms with E-state index in [0.717, 1.165) is 23.1 Å². The van der Waals surface area contributed by atoms with Crippen molar-refractivity contribution in [1.82, 2.24) is 9.97 Å². The number of furan rings is 1. The number of carbonyl (C=O) groups is 1. The molecule has 6 heteroatoms. The summed E-state index contributed by atoms with van der Waals surface area (Å²) in [6.45, 7) is 1.01. The summed E-state index contributed by atoms with van der Waals surface area (Å²) in [6, 6.07) is 21.5. The zero-order chi connectivity index (χ0) is 20.1. The number of anilines is 1. The van der Waals surface area contributed by atoms with E-state index in [4.69, 9.17) is 9.40 Å². The van der Waals surface area contributed by atoms with Gasteiger partial charge >= 0.3 is 5.97 Å². The molecule has 2 aromatic heterocycles. The van der Waals surface area contributed by atoms with E-state index < -0.39 is 5.97 Å². The van der Waals surface area contributed by atoms with E-state index in [9.17, 15) is 9.90 Å². The minimum absolute atomic E-state index is 0.0310. The molecular formula is C23H21N3O3. The topological polar surface area (TPSA) is 79.5 Å². The first kappa shape index (κ1) is 18.7. The van der Waals surface area contributed by atoms with Crippen molar-refractivity contribution < 1.29 is 14.3 Å². The third-order valence-electron chi connectivity index (χ3n) is 4.73. The largest absolute Gasteiger partial charge is 0.481 e. The average Bonchev–Trinajstić information content (AvgIpc) is 3.29. The molecule has 0 aliphatic heterocycles. The number of fused-ring (bicyclic) bond motifs is 1. The predicted molar refractivity (Wildman–Crippen MR) is 112 cm³/mol. The van der Waals surface area contributed by atoms with Crippen LogP contribution < -0.4 is 4.90 Å². The molecule has 2 heterocycles. The smallest absolute Gasteiger partial charge is 0.305 e. The third kappa shape index (κ3) is 4.43. The van der Waals surface area contributed by atoms with Crippen LogP contribution in [0, 0.1) is 0 Å². The molecular weight excluding hydrogens is 366 g/mol. The Kier molecular flexibility index (Phi) is 5.52. The molecule has 0 atom stereocenters. The van der Waals surface area contributed by atoms with Gasteiger partial charge in [0, 0.05) is 18.5 Å². The molecule has 146 valence electrons. The molecule has 0 spiro atoms. The fourth-order valence-electron chi connectivity index (χ4n) is 3.28. The van der Waals surface area contributed by atoms with E-state index in [0.29, 0.717) is 24.7 Å². The zero-order valence-electron chi connectivity index (χ0n) is 15.9. The minimum Gasteiger partial charge on any atom is -0.481 e. The lowest BCUT2D eigenvalue weighted by Gasteiger charge is -2.25. The molecule has 2 aromatic carbocycles. The van der Waals surface area contributed by atoms with Crippen LogP contribution in [0.15, 0.2) is 77.4 Å². The van der Waals surface area contributed by atoms with Gasteiger partial charge in [-0.05, 0) is 36.2 Å². The van der Waals surface area contributed by atoms with Gasteiger partial charge in [0.25, 0.3) is 0 Å². The first-order valence-electron chi connectivity index (χ1n) is 9.52. The van der Waals surface area contributed by atoms with Crippen LogP contribution in [0.2, 0.25) is 0 Å². The van der Waals surface area contributed by atoms with E-state index in [2.05, 4.69) is 17.1 Å². The Balaban J connectivity index is 1.74. The van der Waals surface area contributed by atoms with Gasteiger partial charge in [-0.3, -0.25) is 4.79 Å². The van der Waals surface area contributed by atoms with Crippen molar-refractivity contribution in [1.29, 1.82) is 0 Å². The van der Waals surface area contributed by atoms with Crippen LogP contribution >= 0.6 is 0 Å². The first-order chi connectivity index (χ1) is 14.2. The van der Waals surface area contributed by atoms with Crippen molar-refractivity contribution in [2.75, 3.05) is 18.0 Å². The maximum atomic E-state index is 11.3. The highest BCUT2D eigenvalue weighted by atomic mass is 16.4. The second-order valence-corrected chi connectivity index (χ2v) is 6.73. The Morgan fingerprint density at radius 2 is 1.72 bits per heavy atom. The number of rotatable bonds is 8. The standard InChI is InChI=1S/C23H21N3O3/c27-21(28)13-15-26(14-12-17-7-2-1-3-8-17)23-18-9-4-5-10-19(18)24-22(25-23)20-11-6-16-29-20/h1-11,16H,12-15H2,(H,27,28). The Labute approximate surface area is 168 Å². The Hall–Kier alpha value is -3.67. The van der Waals surface area contributed by atoms with E-state index >= 15 is 0 Å². The lowest BCUT2D eigenvalue weighted by Crippen LogP contribution is -2.29. The summed E-state index contributed by atoms with van der Waals surface area (Å²) >= 11 is 0. The number of aliphatic carboxylic acids is 1. The molecule has 0 radical (unpaired) electrons. The highest BCUT2D eigenvalue weighted by Gasteiger charge is 2.17. The van der Waals surface area contributed by atoms with Crippen molar-refractivity contribution in [2.45, 2.75) is 12.8 Å². The van der Waals surface area contributed by atoms with Crippen molar-refractivity contribution in [3.63, 3.8) is 0 Å². The lowest BCUT2D eigenvalue weighted by atomic mass is 10.1. The van der Waals surface area contributed by atoms with Crippen molar-refractivity contribution in [3.8, 4) is 11.6 Å². The van der Waals surface area contributed by atoms with E-state index in [1.807, 2.05) is 53.4 Å². The van der Waals surface area contributed by atoms with Crippen molar-refractivity contribution in [2.24, 2.45) is 0 Å². The first-order valence-corrected chi connectivity index (χ1v) is 9.52. The molecule has 0 unspecified atom stereocenters. The van der Waals surface area contributed by atoms with Gasteiger partial charge in [-0.2, -0.15) is 0 Å². The number of benzene rings is 2. The molecule has 1 N–H and O–H groups in total. The van der Waals surface area contributed by atoms with Gasteiger partial charge < -0.3 is 14.4 Å². The summed E-state index contributed by atoms with van der Waals surface area (Å²) in [6.07, 6.45) is 2.41. The number of nitrogens with zero attached hydrogens (tertiary/aromatic N) is 3. The van der Waals surface area contributed by atoms with Crippen LogP contribution in [0.25, 0.3) is 22.5 Å². The average molecular weight is 387 g/mol. The van der Waals surface area contributed by atoms with E-state index in [1.54, 1.807) is 12.3 Å². The molecule has 0 bridgehead atoms. The molecule has 0 fully saturated rings. The van der Waals surface area contributed by atoms with Crippen LogP contribution in [-0.2, 0) is 11.2 Å². The second-order valence-electron chi connectivity index (χ2n) is 6.73. The normalized spacial score (nSPS) is 10.9. The van der Waals surface area contributed by atoms with Gasteiger partial charge in [-0.15, -0.1) is 0 Å². The molecule has 0 saturated heterocycles. The Morgan fingerprint density at radius 3 is 2.48 bits per heavy atom. The number of hydrogen-bond acceptors (Lipinski definition) is 5. The second kappa shape index (κ2) is 8.56. The molecule has 0 saturated carbocycles. The molecule has 0 aliphatic rings. The van der Waals surface area contributed by atoms with Crippen LogP contribution in [0.1, 0.15) is 12.0 Å². The summed E-state index contributed by atoms with van der Waals surface area (Å²) in [5, 5.41) is 10.1. The summed E-state index contributed by atoms with van der Waals surface area (Å²) in [7, 11) is 0. The quantitative estimate of drug-likeness (QED) is 0.482. The van der Waals surface area contributed by atoms with Gasteiger partial charge in [0.2, 0.25) is 0 Å². The number of carboxylic acids is 1. The van der Waals surface area contributed by atoms with Gasteiger partial charge in [0.05, 0.1) is 18.2 Å². The maximum Gasteiger partial charge on any atom is 0.305 e. The highest BCUT2D eigenvalue weighted by Crippen LogP contribution is 2.28. The fraction of sp³-hybridized carbons (Fsp3) is 0.174. The third-order valence-corrected chi connectivity index (χ3v) is 4.73. The van der Waals surface area contributed by atoms with Gasteiger partial charge in [0.15, 0.2) is 11.6 Å². The van der Waals surface area contributed by atoms with Gasteiger partial charge in [0.1, 0.15) is 5.82 Å². The zero-order valence-corrected chi connectivity index (χ0v) is 15.9. The summed E-state index contributed by atoms with van der Waals surface area (Å²) in [5.74, 6) is 0.959. The Bertz CT molecular complexity index is 1100. The minimum atomic E-state index is -0.834. The van der Waals surface area contributed by atoms with Gasteiger partial charge in [-0.25, -0.2) is 9.97 Å². The summed E-state index contributed by atoms with van der Waals surface area (Å²) in [4.78, 5) is 22.7. The maximum absolute atomic E-state index is 11.3. The molecule has 0 aliphatic carbocycles.